The zero-order chi connectivity index (χ0) is 24.1. The molecule has 2 aliphatic rings. The lowest BCUT2D eigenvalue weighted by Gasteiger charge is -2.46. The van der Waals surface area contributed by atoms with Crippen LogP contribution in [0.5, 0.6) is 0 Å². The minimum Gasteiger partial charge on any atom is -0.387 e. The first kappa shape index (κ1) is 24.0. The van der Waals surface area contributed by atoms with Crippen molar-refractivity contribution < 1.29 is 9.59 Å². The fraction of sp³-hybridized carbons (Fsp3) is 0.444. The minimum absolute atomic E-state index is 0.000407. The van der Waals surface area contributed by atoms with Gasteiger partial charge in [-0.15, -0.1) is 0 Å². The van der Waals surface area contributed by atoms with Gasteiger partial charge in [-0.05, 0) is 61.8 Å². The number of likely N-dealkylation sites (tertiary alicyclic amines) is 1. The second kappa shape index (κ2) is 10.8. The summed E-state index contributed by atoms with van der Waals surface area (Å²) in [6, 6.07) is 16.7. The molecule has 1 heterocycles. The van der Waals surface area contributed by atoms with Crippen molar-refractivity contribution in [3.63, 3.8) is 0 Å². The zero-order valence-electron chi connectivity index (χ0n) is 19.8. The van der Waals surface area contributed by atoms with Crippen LogP contribution in [0.25, 0.3) is 0 Å². The Morgan fingerprint density at radius 3 is 2.41 bits per heavy atom. The fourth-order valence-electron chi connectivity index (χ4n) is 5.13. The lowest BCUT2D eigenvalue weighted by atomic mass is 9.80. The van der Waals surface area contributed by atoms with E-state index in [1.54, 1.807) is 6.07 Å². The zero-order valence-corrected chi connectivity index (χ0v) is 19.8. The van der Waals surface area contributed by atoms with E-state index in [1.165, 1.54) is 31.2 Å². The summed E-state index contributed by atoms with van der Waals surface area (Å²) in [6.07, 6.45) is 5.21. The van der Waals surface area contributed by atoms with Crippen LogP contribution in [0.1, 0.15) is 58.6 Å². The van der Waals surface area contributed by atoms with E-state index in [4.69, 9.17) is 11.1 Å². The summed E-state index contributed by atoms with van der Waals surface area (Å²) in [4.78, 5) is 26.9. The molecule has 0 atom stereocenters. The Labute approximate surface area is 201 Å². The van der Waals surface area contributed by atoms with E-state index in [9.17, 15) is 9.59 Å². The van der Waals surface area contributed by atoms with Crippen molar-refractivity contribution in [1.29, 1.82) is 5.41 Å². The van der Waals surface area contributed by atoms with Crippen LogP contribution < -0.4 is 16.4 Å². The number of nitrogens with one attached hydrogen (secondary N) is 3. The number of hydrogen-bond acceptors (Lipinski definition) is 4. The SMILES string of the molecule is Cc1cccc(C(=O)NCC(=O)NC2CN(C3CCC(c4ccc(CC(=N)N)cc4)CC3)C2)c1. The first-order valence-electron chi connectivity index (χ1n) is 12.2. The van der Waals surface area contributed by atoms with Crippen molar-refractivity contribution in [1.82, 2.24) is 15.5 Å². The van der Waals surface area contributed by atoms with E-state index in [0.717, 1.165) is 24.2 Å². The quantitative estimate of drug-likeness (QED) is 0.358. The van der Waals surface area contributed by atoms with Crippen LogP contribution in [0.3, 0.4) is 0 Å². The van der Waals surface area contributed by atoms with Crippen LogP contribution in [0.15, 0.2) is 48.5 Å². The summed E-state index contributed by atoms with van der Waals surface area (Å²) < 4.78 is 0. The normalized spacial score (nSPS) is 20.9. The summed E-state index contributed by atoms with van der Waals surface area (Å²) in [5.41, 5.74) is 9.56. The first-order chi connectivity index (χ1) is 16.4. The van der Waals surface area contributed by atoms with Crippen molar-refractivity contribution in [2.24, 2.45) is 5.73 Å². The topological polar surface area (TPSA) is 111 Å². The van der Waals surface area contributed by atoms with Crippen LogP contribution in [0, 0.1) is 12.3 Å². The molecule has 2 amide bonds. The maximum absolute atomic E-state index is 12.3. The molecule has 34 heavy (non-hydrogen) atoms. The number of carbonyl (C=O) groups excluding carboxylic acids is 2. The van der Waals surface area contributed by atoms with Gasteiger partial charge >= 0.3 is 0 Å². The van der Waals surface area contributed by atoms with Gasteiger partial charge in [-0.1, -0.05) is 42.0 Å². The van der Waals surface area contributed by atoms with Gasteiger partial charge < -0.3 is 16.4 Å². The summed E-state index contributed by atoms with van der Waals surface area (Å²) in [6.45, 7) is 3.70. The molecular weight excluding hydrogens is 426 g/mol. The number of benzene rings is 2. The molecular formula is C27H35N5O2. The van der Waals surface area contributed by atoms with Gasteiger partial charge in [-0.2, -0.15) is 0 Å². The van der Waals surface area contributed by atoms with Crippen LogP contribution in [0.4, 0.5) is 0 Å². The van der Waals surface area contributed by atoms with Gasteiger partial charge in [-0.3, -0.25) is 19.9 Å². The molecule has 2 aromatic carbocycles. The van der Waals surface area contributed by atoms with Crippen LogP contribution in [0.2, 0.25) is 0 Å². The second-order valence-electron chi connectivity index (χ2n) is 9.72. The van der Waals surface area contributed by atoms with E-state index in [2.05, 4.69) is 39.8 Å². The predicted molar refractivity (Wildman–Crippen MR) is 134 cm³/mol. The Balaban J connectivity index is 1.14. The number of aryl methyl sites for hydroxylation is 1. The molecule has 1 aliphatic carbocycles. The molecule has 2 aromatic rings. The van der Waals surface area contributed by atoms with Crippen molar-refractivity contribution in [3.8, 4) is 0 Å². The van der Waals surface area contributed by atoms with E-state index in [0.29, 0.717) is 23.9 Å². The van der Waals surface area contributed by atoms with Crippen molar-refractivity contribution in [2.75, 3.05) is 19.6 Å². The van der Waals surface area contributed by atoms with E-state index < -0.39 is 0 Å². The third-order valence-corrected chi connectivity index (χ3v) is 7.02. The van der Waals surface area contributed by atoms with Crippen molar-refractivity contribution in [2.45, 2.75) is 57.0 Å². The standard InChI is InChI=1S/C27H35N5O2/c1-18-3-2-4-22(13-18)27(34)30-15-26(33)31-23-16-32(17-23)24-11-9-21(10-12-24)20-7-5-19(6-8-20)14-25(28)29/h2-8,13,21,23-24H,9-12,14-17H2,1H3,(H3,28,29)(H,30,34)(H,31,33). The molecule has 1 saturated heterocycles. The summed E-state index contributed by atoms with van der Waals surface area (Å²) >= 11 is 0. The molecule has 7 heteroatoms. The number of amides is 2. The molecule has 1 saturated carbocycles. The van der Waals surface area contributed by atoms with Gasteiger partial charge in [0.2, 0.25) is 5.91 Å². The lowest BCUT2D eigenvalue weighted by molar-refractivity contribution is -0.122. The summed E-state index contributed by atoms with van der Waals surface area (Å²) in [7, 11) is 0. The number of nitrogens with zero attached hydrogens (tertiary/aromatic N) is 1. The number of nitrogens with two attached hydrogens (primary N) is 1. The highest BCUT2D eigenvalue weighted by molar-refractivity contribution is 5.96. The molecule has 0 unspecified atom stereocenters. The molecule has 0 radical (unpaired) electrons. The average molecular weight is 462 g/mol. The highest BCUT2D eigenvalue weighted by Gasteiger charge is 2.35. The van der Waals surface area contributed by atoms with E-state index >= 15 is 0 Å². The van der Waals surface area contributed by atoms with E-state index in [-0.39, 0.29) is 30.2 Å². The highest BCUT2D eigenvalue weighted by atomic mass is 16.2. The third-order valence-electron chi connectivity index (χ3n) is 7.02. The third kappa shape index (κ3) is 6.23. The van der Waals surface area contributed by atoms with Crippen LogP contribution in [-0.2, 0) is 11.2 Å². The molecule has 4 rings (SSSR count). The maximum atomic E-state index is 12.3. The minimum atomic E-state index is -0.223. The predicted octanol–water partition coefficient (Wildman–Crippen LogP) is 2.73. The number of hydrogen-bond donors (Lipinski definition) is 4. The smallest absolute Gasteiger partial charge is 0.251 e. The molecule has 0 spiro atoms. The molecule has 0 aromatic heterocycles. The van der Waals surface area contributed by atoms with Gasteiger partial charge in [0, 0.05) is 31.1 Å². The Bertz CT molecular complexity index is 1020. The summed E-state index contributed by atoms with van der Waals surface area (Å²) in [5.74, 6) is 0.433. The van der Waals surface area contributed by atoms with Crippen LogP contribution in [-0.4, -0.2) is 54.3 Å². The lowest BCUT2D eigenvalue weighted by Crippen LogP contribution is -2.63. The molecule has 5 N–H and O–H groups in total. The summed E-state index contributed by atoms with van der Waals surface area (Å²) in [5, 5.41) is 13.2. The largest absolute Gasteiger partial charge is 0.387 e. The second-order valence-corrected chi connectivity index (χ2v) is 9.72. The van der Waals surface area contributed by atoms with E-state index in [1.807, 2.05) is 25.1 Å². The van der Waals surface area contributed by atoms with Gasteiger partial charge in [0.15, 0.2) is 0 Å². The number of rotatable bonds is 8. The maximum Gasteiger partial charge on any atom is 0.251 e. The molecule has 1 aliphatic heterocycles. The van der Waals surface area contributed by atoms with Crippen LogP contribution >= 0.6 is 0 Å². The Morgan fingerprint density at radius 2 is 1.76 bits per heavy atom. The van der Waals surface area contributed by atoms with Crippen molar-refractivity contribution in [3.05, 3.63) is 70.8 Å². The van der Waals surface area contributed by atoms with Gasteiger partial charge in [0.05, 0.1) is 18.4 Å². The Kier molecular flexibility index (Phi) is 7.63. The molecule has 0 bridgehead atoms. The first-order valence-corrected chi connectivity index (χ1v) is 12.2. The highest BCUT2D eigenvalue weighted by Crippen LogP contribution is 2.36. The molecule has 7 nitrogen and oxygen atoms in total. The monoisotopic (exact) mass is 461 g/mol. The van der Waals surface area contributed by atoms with Gasteiger partial charge in [-0.25, -0.2) is 0 Å². The number of amidine groups is 1. The molecule has 2 fully saturated rings. The average Bonchev–Trinajstić information content (AvgIpc) is 2.80. The number of carbonyl (C=O) groups is 2. The van der Waals surface area contributed by atoms with Crippen molar-refractivity contribution >= 4 is 17.6 Å². The van der Waals surface area contributed by atoms with Gasteiger partial charge in [0.1, 0.15) is 0 Å². The Hall–Kier alpha value is -3.19. The van der Waals surface area contributed by atoms with Gasteiger partial charge in [0.25, 0.3) is 5.91 Å². The Morgan fingerprint density at radius 1 is 1.06 bits per heavy atom. The fourth-order valence-corrected chi connectivity index (χ4v) is 5.13. The molecule has 180 valence electrons.